The fourth-order valence-corrected chi connectivity index (χ4v) is 3.02. The average molecular weight is 328 g/mol. The van der Waals surface area contributed by atoms with Crippen LogP contribution in [0.3, 0.4) is 0 Å². The summed E-state index contributed by atoms with van der Waals surface area (Å²) in [7, 11) is 1.58. The number of rotatable bonds is 7. The van der Waals surface area contributed by atoms with E-state index in [1.165, 1.54) is 9.56 Å². The molecule has 5 nitrogen and oxygen atoms in total. The van der Waals surface area contributed by atoms with E-state index in [0.717, 1.165) is 6.42 Å². The van der Waals surface area contributed by atoms with E-state index in [1.54, 1.807) is 24.6 Å². The summed E-state index contributed by atoms with van der Waals surface area (Å²) in [6, 6.07) is 4.19. The SMILES string of the molecule is CCC(Nc1cnn(CCOC)c(=O)c1Cl)c1cccs1. The van der Waals surface area contributed by atoms with Crippen molar-refractivity contribution in [1.82, 2.24) is 9.78 Å². The third-order valence-electron chi connectivity index (χ3n) is 3.12. The van der Waals surface area contributed by atoms with Crippen LogP contribution in [0.2, 0.25) is 5.02 Å². The van der Waals surface area contributed by atoms with Crippen LogP contribution < -0.4 is 10.9 Å². The van der Waals surface area contributed by atoms with Crippen molar-refractivity contribution >= 4 is 28.6 Å². The van der Waals surface area contributed by atoms with Gasteiger partial charge >= 0.3 is 0 Å². The van der Waals surface area contributed by atoms with Crippen molar-refractivity contribution in [2.75, 3.05) is 19.0 Å². The molecule has 0 aromatic carbocycles. The molecule has 7 heteroatoms. The molecule has 0 radical (unpaired) electrons. The summed E-state index contributed by atoms with van der Waals surface area (Å²) in [4.78, 5) is 13.3. The van der Waals surface area contributed by atoms with Crippen LogP contribution in [-0.4, -0.2) is 23.5 Å². The Balaban J connectivity index is 2.20. The number of nitrogens with zero attached hydrogens (tertiary/aromatic N) is 2. The van der Waals surface area contributed by atoms with Gasteiger partial charge in [-0.1, -0.05) is 24.6 Å². The van der Waals surface area contributed by atoms with Gasteiger partial charge in [-0.05, 0) is 17.9 Å². The summed E-state index contributed by atoms with van der Waals surface area (Å²) >= 11 is 7.84. The van der Waals surface area contributed by atoms with Crippen LogP contribution in [0.1, 0.15) is 24.3 Å². The Kier molecular flexibility index (Phi) is 5.78. The van der Waals surface area contributed by atoms with Gasteiger partial charge in [0, 0.05) is 12.0 Å². The minimum absolute atomic E-state index is 0.124. The standard InChI is InChI=1S/C14H18ClN3O2S/c1-3-10(12-5-4-8-21-12)17-11-9-16-18(6-7-20-2)14(19)13(11)15/h4-5,8-10,17H,3,6-7H2,1-2H3. The van der Waals surface area contributed by atoms with Crippen molar-refractivity contribution in [1.29, 1.82) is 0 Å². The summed E-state index contributed by atoms with van der Waals surface area (Å²) < 4.78 is 6.25. The minimum Gasteiger partial charge on any atom is -0.383 e. The number of thiophene rings is 1. The first-order chi connectivity index (χ1) is 10.2. The molecule has 2 aromatic rings. The molecule has 2 aromatic heterocycles. The Labute approximate surface area is 132 Å². The molecule has 0 bridgehead atoms. The molecule has 0 fully saturated rings. The Morgan fingerprint density at radius 1 is 1.57 bits per heavy atom. The second kappa shape index (κ2) is 7.59. The highest BCUT2D eigenvalue weighted by molar-refractivity contribution is 7.10. The van der Waals surface area contributed by atoms with E-state index < -0.39 is 0 Å². The topological polar surface area (TPSA) is 56.1 Å². The molecule has 1 N–H and O–H groups in total. The molecule has 0 amide bonds. The molecule has 1 atom stereocenters. The first-order valence-electron chi connectivity index (χ1n) is 6.71. The van der Waals surface area contributed by atoms with Gasteiger partial charge in [-0.25, -0.2) is 4.68 Å². The molecule has 0 spiro atoms. The molecule has 114 valence electrons. The zero-order chi connectivity index (χ0) is 15.2. The lowest BCUT2D eigenvalue weighted by molar-refractivity contribution is 0.182. The van der Waals surface area contributed by atoms with E-state index in [-0.39, 0.29) is 16.6 Å². The van der Waals surface area contributed by atoms with Crippen LogP contribution in [0.4, 0.5) is 5.69 Å². The molecule has 2 heterocycles. The first-order valence-corrected chi connectivity index (χ1v) is 7.97. The van der Waals surface area contributed by atoms with E-state index in [9.17, 15) is 4.79 Å². The Morgan fingerprint density at radius 2 is 2.38 bits per heavy atom. The van der Waals surface area contributed by atoms with E-state index in [1.807, 2.05) is 11.4 Å². The van der Waals surface area contributed by atoms with E-state index in [4.69, 9.17) is 16.3 Å². The number of aromatic nitrogens is 2. The molecular weight excluding hydrogens is 310 g/mol. The van der Waals surface area contributed by atoms with Gasteiger partial charge in [0.25, 0.3) is 5.56 Å². The van der Waals surface area contributed by atoms with Gasteiger partial charge in [-0.3, -0.25) is 4.79 Å². The van der Waals surface area contributed by atoms with Crippen molar-refractivity contribution < 1.29 is 4.74 Å². The largest absolute Gasteiger partial charge is 0.383 e. The molecule has 1 unspecified atom stereocenters. The van der Waals surface area contributed by atoms with Crippen LogP contribution >= 0.6 is 22.9 Å². The average Bonchev–Trinajstić information content (AvgIpc) is 3.02. The van der Waals surface area contributed by atoms with E-state index >= 15 is 0 Å². The third kappa shape index (κ3) is 3.84. The quantitative estimate of drug-likeness (QED) is 0.848. The fourth-order valence-electron chi connectivity index (χ4n) is 1.95. The lowest BCUT2D eigenvalue weighted by atomic mass is 10.2. The summed E-state index contributed by atoms with van der Waals surface area (Å²) in [6.07, 6.45) is 2.49. The number of ether oxygens (including phenoxy) is 1. The number of anilines is 1. The molecular formula is C14H18ClN3O2S. The van der Waals surface area contributed by atoms with Crippen molar-refractivity contribution in [3.63, 3.8) is 0 Å². The molecule has 0 aliphatic heterocycles. The second-order valence-corrected chi connectivity index (χ2v) is 5.87. The van der Waals surface area contributed by atoms with Gasteiger partial charge in [0.2, 0.25) is 0 Å². The summed E-state index contributed by atoms with van der Waals surface area (Å²) in [5.41, 5.74) is 0.260. The zero-order valence-electron chi connectivity index (χ0n) is 12.0. The van der Waals surface area contributed by atoms with Gasteiger partial charge in [0.1, 0.15) is 5.02 Å². The van der Waals surface area contributed by atoms with Crippen molar-refractivity contribution in [3.05, 3.63) is 44.0 Å². The highest BCUT2D eigenvalue weighted by atomic mass is 35.5. The maximum absolute atomic E-state index is 12.1. The highest BCUT2D eigenvalue weighted by Crippen LogP contribution is 2.27. The fraction of sp³-hybridized carbons (Fsp3) is 0.429. The predicted octanol–water partition coefficient (Wildman–Crippen LogP) is 3.17. The smallest absolute Gasteiger partial charge is 0.287 e. The third-order valence-corrected chi connectivity index (χ3v) is 4.47. The summed E-state index contributed by atoms with van der Waals surface area (Å²) in [5, 5.41) is 9.61. The van der Waals surface area contributed by atoms with Crippen LogP contribution in [-0.2, 0) is 11.3 Å². The normalized spacial score (nSPS) is 12.3. The van der Waals surface area contributed by atoms with Crippen molar-refractivity contribution in [3.8, 4) is 0 Å². The lowest BCUT2D eigenvalue weighted by Crippen LogP contribution is -2.26. The minimum atomic E-state index is -0.306. The van der Waals surface area contributed by atoms with Gasteiger partial charge < -0.3 is 10.1 Å². The van der Waals surface area contributed by atoms with Crippen LogP contribution in [0.25, 0.3) is 0 Å². The first kappa shape index (κ1) is 16.0. The van der Waals surface area contributed by atoms with E-state index in [0.29, 0.717) is 18.8 Å². The maximum Gasteiger partial charge on any atom is 0.287 e. The van der Waals surface area contributed by atoms with Gasteiger partial charge in [-0.15, -0.1) is 11.3 Å². The Hall–Kier alpha value is -1.37. The molecule has 2 rings (SSSR count). The molecule has 0 aliphatic rings. The molecule has 21 heavy (non-hydrogen) atoms. The number of nitrogens with one attached hydrogen (secondary N) is 1. The Morgan fingerprint density at radius 3 is 3.00 bits per heavy atom. The zero-order valence-corrected chi connectivity index (χ0v) is 13.6. The summed E-state index contributed by atoms with van der Waals surface area (Å²) in [6.45, 7) is 2.89. The van der Waals surface area contributed by atoms with Crippen LogP contribution in [0, 0.1) is 0 Å². The maximum atomic E-state index is 12.1. The number of hydrogen-bond donors (Lipinski definition) is 1. The lowest BCUT2D eigenvalue weighted by Gasteiger charge is -2.17. The Bertz CT molecular complexity index is 628. The monoisotopic (exact) mass is 327 g/mol. The van der Waals surface area contributed by atoms with Gasteiger partial charge in [0.15, 0.2) is 0 Å². The highest BCUT2D eigenvalue weighted by Gasteiger charge is 2.15. The van der Waals surface area contributed by atoms with Crippen LogP contribution in [0.5, 0.6) is 0 Å². The predicted molar refractivity (Wildman–Crippen MR) is 86.4 cm³/mol. The molecule has 0 aliphatic carbocycles. The van der Waals surface area contributed by atoms with Crippen LogP contribution in [0.15, 0.2) is 28.5 Å². The van der Waals surface area contributed by atoms with Crippen molar-refractivity contribution in [2.24, 2.45) is 0 Å². The second-order valence-electron chi connectivity index (χ2n) is 4.51. The van der Waals surface area contributed by atoms with E-state index in [2.05, 4.69) is 23.4 Å². The molecule has 0 saturated carbocycles. The number of halogens is 1. The van der Waals surface area contributed by atoms with Gasteiger partial charge in [-0.2, -0.15) is 5.10 Å². The number of methoxy groups -OCH3 is 1. The van der Waals surface area contributed by atoms with Crippen molar-refractivity contribution in [2.45, 2.75) is 25.9 Å². The summed E-state index contributed by atoms with van der Waals surface area (Å²) in [5.74, 6) is 0. The molecule has 0 saturated heterocycles. The number of hydrogen-bond acceptors (Lipinski definition) is 5. The van der Waals surface area contributed by atoms with Gasteiger partial charge in [0.05, 0.1) is 31.1 Å².